The smallest absolute Gasteiger partial charge is 0.0642 e. The zero-order valence-corrected chi connectivity index (χ0v) is 11.6. The Labute approximate surface area is 104 Å². The molecule has 1 saturated heterocycles. The van der Waals surface area contributed by atoms with Crippen molar-refractivity contribution in [1.82, 2.24) is 14.7 Å². The molecule has 4 heteroatoms. The van der Waals surface area contributed by atoms with Gasteiger partial charge in [-0.15, -0.1) is 0 Å². The van der Waals surface area contributed by atoms with Crippen LogP contribution in [0.3, 0.4) is 0 Å². The minimum Gasteiger partial charge on any atom is -0.326 e. The van der Waals surface area contributed by atoms with E-state index in [1.807, 2.05) is 11.7 Å². The topological polar surface area (TPSA) is 47.1 Å². The molecule has 0 saturated carbocycles. The third kappa shape index (κ3) is 2.24. The molecule has 96 valence electrons. The van der Waals surface area contributed by atoms with Gasteiger partial charge in [-0.05, 0) is 34.1 Å². The van der Waals surface area contributed by atoms with Gasteiger partial charge in [-0.1, -0.05) is 0 Å². The number of aryl methyl sites for hydroxylation is 2. The van der Waals surface area contributed by atoms with E-state index >= 15 is 0 Å². The minimum atomic E-state index is 0.154. The average Bonchev–Trinajstić information content (AvgIpc) is 2.68. The van der Waals surface area contributed by atoms with Gasteiger partial charge in [-0.25, -0.2) is 0 Å². The minimum absolute atomic E-state index is 0.154. The van der Waals surface area contributed by atoms with Gasteiger partial charge >= 0.3 is 0 Å². The second-order valence-electron chi connectivity index (χ2n) is 6.11. The third-order valence-corrected chi connectivity index (χ3v) is 3.68. The molecule has 1 aromatic rings. The SMILES string of the molecule is Cc1nn(C)cc1C1C(N)CCN1C(C)(C)C. The van der Waals surface area contributed by atoms with Crippen LogP contribution in [0, 0.1) is 6.92 Å². The number of hydrogen-bond donors (Lipinski definition) is 1. The highest BCUT2D eigenvalue weighted by atomic mass is 15.3. The fourth-order valence-electron chi connectivity index (χ4n) is 2.88. The number of nitrogens with two attached hydrogens (primary N) is 1. The molecule has 0 bridgehead atoms. The molecule has 1 fully saturated rings. The van der Waals surface area contributed by atoms with Gasteiger partial charge < -0.3 is 5.73 Å². The van der Waals surface area contributed by atoms with Gasteiger partial charge in [-0.2, -0.15) is 5.10 Å². The predicted molar refractivity (Wildman–Crippen MR) is 69.7 cm³/mol. The molecule has 0 radical (unpaired) electrons. The highest BCUT2D eigenvalue weighted by molar-refractivity contribution is 5.24. The van der Waals surface area contributed by atoms with Crippen molar-refractivity contribution in [3.8, 4) is 0 Å². The maximum atomic E-state index is 6.30. The Hall–Kier alpha value is -0.870. The lowest BCUT2D eigenvalue weighted by atomic mass is 9.97. The molecular formula is C13H24N4. The van der Waals surface area contributed by atoms with Gasteiger partial charge in [0.2, 0.25) is 0 Å². The largest absolute Gasteiger partial charge is 0.326 e. The highest BCUT2D eigenvalue weighted by Crippen LogP contribution is 2.37. The normalized spacial score (nSPS) is 26.7. The number of nitrogens with zero attached hydrogens (tertiary/aromatic N) is 3. The lowest BCUT2D eigenvalue weighted by molar-refractivity contribution is 0.116. The molecule has 2 N–H and O–H groups in total. The maximum absolute atomic E-state index is 6.30. The van der Waals surface area contributed by atoms with E-state index in [2.05, 4.69) is 43.9 Å². The summed E-state index contributed by atoms with van der Waals surface area (Å²) in [6.07, 6.45) is 3.18. The quantitative estimate of drug-likeness (QED) is 0.805. The lowest BCUT2D eigenvalue weighted by Crippen LogP contribution is -2.43. The highest BCUT2D eigenvalue weighted by Gasteiger charge is 2.40. The van der Waals surface area contributed by atoms with Crippen LogP contribution >= 0.6 is 0 Å². The lowest BCUT2D eigenvalue weighted by Gasteiger charge is -2.37. The molecule has 2 rings (SSSR count). The van der Waals surface area contributed by atoms with Crippen molar-refractivity contribution in [2.24, 2.45) is 12.8 Å². The predicted octanol–water partition coefficient (Wildman–Crippen LogP) is 1.60. The van der Waals surface area contributed by atoms with Gasteiger partial charge in [0.25, 0.3) is 0 Å². The Balaban J connectivity index is 2.37. The molecule has 2 heterocycles. The van der Waals surface area contributed by atoms with E-state index in [9.17, 15) is 0 Å². The first-order valence-electron chi connectivity index (χ1n) is 6.33. The van der Waals surface area contributed by atoms with E-state index in [-0.39, 0.29) is 11.6 Å². The Kier molecular flexibility index (Phi) is 3.04. The van der Waals surface area contributed by atoms with Crippen molar-refractivity contribution < 1.29 is 0 Å². The standard InChI is InChI=1S/C13H24N4/c1-9-10(8-16(5)15-9)12-11(14)6-7-17(12)13(2,3)4/h8,11-12H,6-7,14H2,1-5H3. The Morgan fingerprint density at radius 2 is 2.06 bits per heavy atom. The Bertz CT molecular complexity index is 402. The molecule has 0 aliphatic carbocycles. The van der Waals surface area contributed by atoms with Crippen LogP contribution in [0.2, 0.25) is 0 Å². The molecule has 1 aromatic heterocycles. The molecule has 1 aliphatic rings. The first-order valence-corrected chi connectivity index (χ1v) is 6.33. The monoisotopic (exact) mass is 236 g/mol. The molecule has 0 amide bonds. The van der Waals surface area contributed by atoms with Gasteiger partial charge in [0.1, 0.15) is 0 Å². The second-order valence-corrected chi connectivity index (χ2v) is 6.11. The van der Waals surface area contributed by atoms with E-state index in [1.165, 1.54) is 5.56 Å². The van der Waals surface area contributed by atoms with Crippen molar-refractivity contribution in [3.63, 3.8) is 0 Å². The zero-order valence-electron chi connectivity index (χ0n) is 11.6. The van der Waals surface area contributed by atoms with Crippen molar-refractivity contribution in [1.29, 1.82) is 0 Å². The van der Waals surface area contributed by atoms with Crippen LogP contribution in [0.15, 0.2) is 6.20 Å². The first kappa shape index (κ1) is 12.6. The van der Waals surface area contributed by atoms with Crippen LogP contribution in [0.25, 0.3) is 0 Å². The summed E-state index contributed by atoms with van der Waals surface area (Å²) >= 11 is 0. The molecule has 17 heavy (non-hydrogen) atoms. The molecule has 0 spiro atoms. The molecule has 2 atom stereocenters. The van der Waals surface area contributed by atoms with E-state index in [4.69, 9.17) is 5.73 Å². The number of hydrogen-bond acceptors (Lipinski definition) is 3. The van der Waals surface area contributed by atoms with Crippen LogP contribution in [0.1, 0.15) is 44.5 Å². The summed E-state index contributed by atoms with van der Waals surface area (Å²) in [4.78, 5) is 2.50. The summed E-state index contributed by atoms with van der Waals surface area (Å²) < 4.78 is 1.89. The van der Waals surface area contributed by atoms with Crippen LogP contribution in [0.5, 0.6) is 0 Å². The fourth-order valence-corrected chi connectivity index (χ4v) is 2.88. The van der Waals surface area contributed by atoms with Gasteiger partial charge in [0.15, 0.2) is 0 Å². The zero-order chi connectivity index (χ0) is 12.8. The molecule has 2 unspecified atom stereocenters. The average molecular weight is 236 g/mol. The Morgan fingerprint density at radius 1 is 1.41 bits per heavy atom. The maximum Gasteiger partial charge on any atom is 0.0642 e. The van der Waals surface area contributed by atoms with Crippen molar-refractivity contribution in [3.05, 3.63) is 17.5 Å². The van der Waals surface area contributed by atoms with Crippen molar-refractivity contribution >= 4 is 0 Å². The Morgan fingerprint density at radius 3 is 2.53 bits per heavy atom. The molecule has 1 aliphatic heterocycles. The third-order valence-electron chi connectivity index (χ3n) is 3.68. The van der Waals surface area contributed by atoms with E-state index in [1.54, 1.807) is 0 Å². The number of rotatable bonds is 1. The van der Waals surface area contributed by atoms with Gasteiger partial charge in [0.05, 0.1) is 11.7 Å². The molecule has 0 aromatic carbocycles. The summed E-state index contributed by atoms with van der Waals surface area (Å²) in [7, 11) is 1.97. The number of aromatic nitrogens is 2. The summed E-state index contributed by atoms with van der Waals surface area (Å²) in [6, 6.07) is 0.529. The first-order chi connectivity index (χ1) is 7.80. The van der Waals surface area contributed by atoms with Crippen LogP contribution in [-0.4, -0.2) is 32.8 Å². The van der Waals surface area contributed by atoms with Gasteiger partial charge in [0, 0.05) is 36.9 Å². The summed E-state index contributed by atoms with van der Waals surface area (Å²) in [5, 5.41) is 4.44. The fraction of sp³-hybridized carbons (Fsp3) is 0.769. The summed E-state index contributed by atoms with van der Waals surface area (Å²) in [6.45, 7) is 9.90. The second kappa shape index (κ2) is 4.10. The van der Waals surface area contributed by atoms with Gasteiger partial charge in [-0.3, -0.25) is 9.58 Å². The van der Waals surface area contributed by atoms with Crippen LogP contribution < -0.4 is 5.73 Å². The van der Waals surface area contributed by atoms with Crippen molar-refractivity contribution in [2.45, 2.75) is 51.7 Å². The van der Waals surface area contributed by atoms with E-state index in [0.717, 1.165) is 18.7 Å². The molecular weight excluding hydrogens is 212 g/mol. The summed E-state index contributed by atoms with van der Waals surface area (Å²) in [5.74, 6) is 0. The molecule has 4 nitrogen and oxygen atoms in total. The summed E-state index contributed by atoms with van der Waals surface area (Å²) in [5.41, 5.74) is 8.84. The van der Waals surface area contributed by atoms with Crippen LogP contribution in [0.4, 0.5) is 0 Å². The number of likely N-dealkylation sites (tertiary alicyclic amines) is 1. The van der Waals surface area contributed by atoms with E-state index < -0.39 is 0 Å². The van der Waals surface area contributed by atoms with Crippen LogP contribution in [-0.2, 0) is 7.05 Å². The van der Waals surface area contributed by atoms with E-state index in [0.29, 0.717) is 6.04 Å². The van der Waals surface area contributed by atoms with Crippen molar-refractivity contribution in [2.75, 3.05) is 6.54 Å².